The van der Waals surface area contributed by atoms with Gasteiger partial charge in [0.05, 0.1) is 13.7 Å². The minimum atomic E-state index is -0.0231. The molecule has 2 N–H and O–H groups in total. The molecule has 1 aliphatic heterocycles. The summed E-state index contributed by atoms with van der Waals surface area (Å²) in [5.41, 5.74) is 2.48. The number of hydrogen-bond donors (Lipinski definition) is 2. The van der Waals surface area contributed by atoms with E-state index in [1.54, 1.807) is 19.4 Å². The molecule has 146 valence electrons. The first-order chi connectivity index (χ1) is 13.6. The molecule has 3 heterocycles. The van der Waals surface area contributed by atoms with Crippen LogP contribution in [0.3, 0.4) is 0 Å². The molecule has 0 spiro atoms. The number of benzene rings is 1. The molecule has 1 amide bonds. The van der Waals surface area contributed by atoms with Crippen LogP contribution >= 0.6 is 15.9 Å². The van der Waals surface area contributed by atoms with Gasteiger partial charge in [0, 0.05) is 27.8 Å². The van der Waals surface area contributed by atoms with Gasteiger partial charge in [-0.05, 0) is 83.7 Å². The molecule has 0 unspecified atom stereocenters. The maximum absolute atomic E-state index is 12.3. The molecule has 0 saturated carbocycles. The van der Waals surface area contributed by atoms with Gasteiger partial charge in [0.25, 0.3) is 0 Å². The van der Waals surface area contributed by atoms with Crippen LogP contribution in [-0.4, -0.2) is 47.5 Å². The van der Waals surface area contributed by atoms with Crippen LogP contribution in [0.4, 0.5) is 5.82 Å². The average Bonchev–Trinajstić information content (AvgIpc) is 3.13. The third-order valence-corrected chi connectivity index (χ3v) is 5.78. The first kappa shape index (κ1) is 19.0. The van der Waals surface area contributed by atoms with E-state index in [0.29, 0.717) is 18.3 Å². The molecular weight excluding hydrogens is 420 g/mol. The molecule has 6 nitrogen and oxygen atoms in total. The van der Waals surface area contributed by atoms with E-state index in [4.69, 9.17) is 4.74 Å². The number of fused-ring (bicyclic) bond motifs is 1. The van der Waals surface area contributed by atoms with Crippen LogP contribution < -0.4 is 10.1 Å². The van der Waals surface area contributed by atoms with E-state index in [0.717, 1.165) is 41.7 Å². The molecule has 0 aliphatic carbocycles. The normalized spacial score (nSPS) is 15.6. The maximum Gasteiger partial charge on any atom is 0.239 e. The molecule has 7 heteroatoms. The number of amides is 1. The zero-order chi connectivity index (χ0) is 19.5. The van der Waals surface area contributed by atoms with Crippen molar-refractivity contribution in [2.75, 3.05) is 32.1 Å². The molecule has 2 aromatic heterocycles. The Hall–Kier alpha value is -2.38. The Labute approximate surface area is 172 Å². The largest absolute Gasteiger partial charge is 0.497 e. The van der Waals surface area contributed by atoms with Gasteiger partial charge in [-0.15, -0.1) is 0 Å². The minimum absolute atomic E-state index is 0.0231. The number of ether oxygens (including phenoxy) is 1. The summed E-state index contributed by atoms with van der Waals surface area (Å²) in [6.07, 6.45) is 5.87. The molecule has 28 heavy (non-hydrogen) atoms. The quantitative estimate of drug-likeness (QED) is 0.622. The fraction of sp³-hybridized carbons (Fsp3) is 0.333. The molecule has 1 aliphatic rings. The zero-order valence-electron chi connectivity index (χ0n) is 15.7. The lowest BCUT2D eigenvalue weighted by Gasteiger charge is -2.31. The number of anilines is 1. The number of nitrogens with one attached hydrogen (secondary N) is 2. The maximum atomic E-state index is 12.3. The van der Waals surface area contributed by atoms with Gasteiger partial charge in [-0.2, -0.15) is 0 Å². The lowest BCUT2D eigenvalue weighted by atomic mass is 9.89. The van der Waals surface area contributed by atoms with Crippen molar-refractivity contribution >= 4 is 38.6 Å². The Bertz CT molecular complexity index is 962. The van der Waals surface area contributed by atoms with Crippen molar-refractivity contribution in [3.63, 3.8) is 0 Å². The number of aromatic nitrogens is 2. The van der Waals surface area contributed by atoms with Gasteiger partial charge in [0.2, 0.25) is 5.91 Å². The van der Waals surface area contributed by atoms with E-state index in [1.807, 2.05) is 12.1 Å². The van der Waals surface area contributed by atoms with Gasteiger partial charge in [-0.25, -0.2) is 4.98 Å². The van der Waals surface area contributed by atoms with Crippen LogP contribution in [-0.2, 0) is 4.79 Å². The van der Waals surface area contributed by atoms with Gasteiger partial charge >= 0.3 is 0 Å². The van der Waals surface area contributed by atoms with E-state index in [2.05, 4.69) is 54.4 Å². The second-order valence-electron chi connectivity index (χ2n) is 7.12. The summed E-state index contributed by atoms with van der Waals surface area (Å²) >= 11 is 3.34. The molecule has 4 rings (SSSR count). The number of H-pyrrole nitrogens is 1. The third-order valence-electron chi connectivity index (χ3n) is 5.31. The number of hydrogen-bond acceptors (Lipinski definition) is 4. The van der Waals surface area contributed by atoms with Crippen molar-refractivity contribution in [3.05, 3.63) is 52.8 Å². The summed E-state index contributed by atoms with van der Waals surface area (Å²) in [6.45, 7) is 2.21. The summed E-state index contributed by atoms with van der Waals surface area (Å²) < 4.78 is 6.27. The number of pyridine rings is 1. The molecule has 1 fully saturated rings. The van der Waals surface area contributed by atoms with Crippen molar-refractivity contribution in [1.82, 2.24) is 14.9 Å². The van der Waals surface area contributed by atoms with Gasteiger partial charge in [0.1, 0.15) is 11.6 Å². The van der Waals surface area contributed by atoms with Crippen LogP contribution in [0, 0.1) is 0 Å². The third kappa shape index (κ3) is 4.20. The van der Waals surface area contributed by atoms with E-state index >= 15 is 0 Å². The van der Waals surface area contributed by atoms with Gasteiger partial charge in [-0.3, -0.25) is 9.69 Å². The van der Waals surface area contributed by atoms with Crippen molar-refractivity contribution in [2.45, 2.75) is 18.8 Å². The highest BCUT2D eigenvalue weighted by Gasteiger charge is 2.24. The standard InChI is InChI=1S/C21H23BrN4O2/c1-28-16-3-4-19-17(10-16)18(12-23-19)14-6-8-26(9-7-14)13-21(27)25-20-5-2-15(22)11-24-20/h2-5,10-12,14,23H,6-9,13H2,1H3,(H,24,25,27). The SMILES string of the molecule is COc1ccc2[nH]cc(C3CCN(CC(=O)Nc4ccc(Br)cn4)CC3)c2c1. The highest BCUT2D eigenvalue weighted by Crippen LogP contribution is 2.34. The number of nitrogens with zero attached hydrogens (tertiary/aromatic N) is 2. The van der Waals surface area contributed by atoms with Gasteiger partial charge < -0.3 is 15.0 Å². The number of piperidine rings is 1. The van der Waals surface area contributed by atoms with Crippen LogP contribution in [0.15, 0.2) is 47.2 Å². The average molecular weight is 443 g/mol. The molecule has 1 aromatic carbocycles. The molecule has 0 radical (unpaired) electrons. The Kier molecular flexibility index (Phi) is 5.64. The predicted molar refractivity (Wildman–Crippen MR) is 114 cm³/mol. The Morgan fingerprint density at radius 2 is 2.14 bits per heavy atom. The van der Waals surface area contributed by atoms with Crippen LogP contribution in [0.5, 0.6) is 5.75 Å². The Morgan fingerprint density at radius 3 is 2.86 bits per heavy atom. The summed E-state index contributed by atoms with van der Waals surface area (Å²) in [4.78, 5) is 22.1. The second kappa shape index (κ2) is 8.32. The van der Waals surface area contributed by atoms with E-state index in [1.165, 1.54) is 10.9 Å². The number of aromatic amines is 1. The van der Waals surface area contributed by atoms with Crippen molar-refractivity contribution in [3.8, 4) is 5.75 Å². The number of rotatable bonds is 5. The van der Waals surface area contributed by atoms with Crippen molar-refractivity contribution < 1.29 is 9.53 Å². The zero-order valence-corrected chi connectivity index (χ0v) is 17.3. The van der Waals surface area contributed by atoms with Crippen LogP contribution in [0.25, 0.3) is 10.9 Å². The fourth-order valence-corrected chi connectivity index (χ4v) is 4.06. The van der Waals surface area contributed by atoms with E-state index in [9.17, 15) is 4.79 Å². The first-order valence-corrected chi connectivity index (χ1v) is 10.2. The first-order valence-electron chi connectivity index (χ1n) is 9.41. The van der Waals surface area contributed by atoms with Crippen molar-refractivity contribution in [2.24, 2.45) is 0 Å². The summed E-state index contributed by atoms with van der Waals surface area (Å²) in [5, 5.41) is 4.09. The number of likely N-dealkylation sites (tertiary alicyclic amines) is 1. The monoisotopic (exact) mass is 442 g/mol. The van der Waals surface area contributed by atoms with Gasteiger partial charge in [0.15, 0.2) is 0 Å². The summed E-state index contributed by atoms with van der Waals surface area (Å²) in [7, 11) is 1.70. The molecule has 0 bridgehead atoms. The number of methoxy groups -OCH3 is 1. The van der Waals surface area contributed by atoms with Gasteiger partial charge in [-0.1, -0.05) is 0 Å². The molecular formula is C21H23BrN4O2. The van der Waals surface area contributed by atoms with Crippen molar-refractivity contribution in [1.29, 1.82) is 0 Å². The van der Waals surface area contributed by atoms with Crippen LogP contribution in [0.2, 0.25) is 0 Å². The topological polar surface area (TPSA) is 70.2 Å². The van der Waals surface area contributed by atoms with E-state index in [-0.39, 0.29) is 5.91 Å². The number of halogens is 1. The Balaban J connectivity index is 1.34. The minimum Gasteiger partial charge on any atom is -0.497 e. The lowest BCUT2D eigenvalue weighted by Crippen LogP contribution is -2.38. The van der Waals surface area contributed by atoms with E-state index < -0.39 is 0 Å². The highest BCUT2D eigenvalue weighted by molar-refractivity contribution is 9.10. The molecule has 0 atom stereocenters. The van der Waals surface area contributed by atoms with Crippen LogP contribution in [0.1, 0.15) is 24.3 Å². The number of carbonyl (C=O) groups excluding carboxylic acids is 1. The summed E-state index contributed by atoms with van der Waals surface area (Å²) in [5.74, 6) is 1.93. The fourth-order valence-electron chi connectivity index (χ4n) is 3.82. The second-order valence-corrected chi connectivity index (χ2v) is 8.03. The summed E-state index contributed by atoms with van der Waals surface area (Å²) in [6, 6.07) is 9.80. The number of carbonyl (C=O) groups is 1. The lowest BCUT2D eigenvalue weighted by molar-refractivity contribution is -0.117. The predicted octanol–water partition coefficient (Wildman–Crippen LogP) is 4.15. The Morgan fingerprint density at radius 1 is 1.32 bits per heavy atom. The molecule has 3 aromatic rings. The smallest absolute Gasteiger partial charge is 0.239 e. The molecule has 1 saturated heterocycles. The highest BCUT2D eigenvalue weighted by atomic mass is 79.9.